The van der Waals surface area contributed by atoms with Gasteiger partial charge in [-0.25, -0.2) is 0 Å². The number of rotatable bonds is 6. The molecule has 2 aliphatic heterocycles. The molecular weight excluding hydrogens is 475 g/mol. The topological polar surface area (TPSA) is 68.9 Å². The van der Waals surface area contributed by atoms with Gasteiger partial charge in [0.1, 0.15) is 0 Å². The van der Waals surface area contributed by atoms with Gasteiger partial charge in [0.15, 0.2) is 0 Å². The Morgan fingerprint density at radius 1 is 1.24 bits per heavy atom. The number of hydrogen-bond acceptors (Lipinski definition) is 4. The van der Waals surface area contributed by atoms with Gasteiger partial charge in [0, 0.05) is 41.6 Å². The van der Waals surface area contributed by atoms with Crippen LogP contribution in [0.5, 0.6) is 0 Å². The van der Waals surface area contributed by atoms with E-state index in [0.29, 0.717) is 49.0 Å². The predicted molar refractivity (Wildman–Crippen MR) is 139 cm³/mol. The normalized spacial score (nSPS) is 16.9. The van der Waals surface area contributed by atoms with E-state index in [4.69, 9.17) is 16.3 Å². The van der Waals surface area contributed by atoms with Crippen molar-refractivity contribution in [1.29, 1.82) is 0 Å². The molecule has 34 heavy (non-hydrogen) atoms. The number of anilines is 1. The Bertz CT molecular complexity index is 1100. The van der Waals surface area contributed by atoms with E-state index in [1.165, 1.54) is 0 Å². The molecule has 0 atom stereocenters. The van der Waals surface area contributed by atoms with Crippen LogP contribution < -0.4 is 4.90 Å². The molecule has 2 aliphatic rings. The zero-order valence-corrected chi connectivity index (χ0v) is 21.7. The van der Waals surface area contributed by atoms with Crippen LogP contribution >= 0.6 is 24.0 Å². The van der Waals surface area contributed by atoms with Gasteiger partial charge in [0.05, 0.1) is 30.0 Å². The van der Waals surface area contributed by atoms with Crippen molar-refractivity contribution in [2.24, 2.45) is 0 Å². The maximum Gasteiger partial charge on any atom is 0.259 e. The van der Waals surface area contributed by atoms with Crippen molar-refractivity contribution in [3.63, 3.8) is 0 Å². The number of halogens is 2. The second-order valence-corrected chi connectivity index (χ2v) is 9.34. The Kier molecular flexibility index (Phi) is 8.47. The molecule has 0 saturated carbocycles. The quantitative estimate of drug-likeness (QED) is 0.600. The highest BCUT2D eigenvalue weighted by molar-refractivity contribution is 6.37. The standard InChI is InChI=1S/C25H31ClN4O3.ClH/c1-16-21(27-17(2)23(16)25(32)29-10-12-33-13-11-29)15-20-19-14-18(26)6-7-22(19)30(24(20)31)9-5-8-28(3)4;/h6-7,14-15,27H,5,8-13H2,1-4H3;1H/b20-15-;. The number of nitrogens with one attached hydrogen (secondary N) is 1. The number of aromatic amines is 1. The minimum absolute atomic E-state index is 0. The van der Waals surface area contributed by atoms with Gasteiger partial charge in [0.2, 0.25) is 0 Å². The minimum atomic E-state index is -0.0428. The Hall–Kier alpha value is -2.32. The summed E-state index contributed by atoms with van der Waals surface area (Å²) in [6.45, 7) is 7.65. The molecular formula is C25H32Cl2N4O3. The third kappa shape index (κ3) is 5.18. The van der Waals surface area contributed by atoms with Gasteiger partial charge in [-0.15, -0.1) is 12.4 Å². The van der Waals surface area contributed by atoms with Crippen LogP contribution in [0, 0.1) is 13.8 Å². The van der Waals surface area contributed by atoms with E-state index in [-0.39, 0.29) is 24.2 Å². The predicted octanol–water partition coefficient (Wildman–Crippen LogP) is 4.02. The van der Waals surface area contributed by atoms with Gasteiger partial charge in [-0.1, -0.05) is 11.6 Å². The summed E-state index contributed by atoms with van der Waals surface area (Å²) < 4.78 is 5.38. The molecule has 1 fully saturated rings. The first-order valence-electron chi connectivity index (χ1n) is 11.3. The van der Waals surface area contributed by atoms with Gasteiger partial charge in [-0.05, 0) is 70.7 Å². The fraction of sp³-hybridized carbons (Fsp3) is 0.440. The van der Waals surface area contributed by atoms with E-state index in [0.717, 1.165) is 41.2 Å². The van der Waals surface area contributed by atoms with Crippen LogP contribution in [0.3, 0.4) is 0 Å². The molecule has 1 aromatic carbocycles. The maximum absolute atomic E-state index is 13.4. The summed E-state index contributed by atoms with van der Waals surface area (Å²) in [4.78, 5) is 35.7. The van der Waals surface area contributed by atoms with E-state index in [1.807, 2.05) is 62.0 Å². The van der Waals surface area contributed by atoms with Crippen LogP contribution in [0.25, 0.3) is 11.6 Å². The number of nitrogens with zero attached hydrogens (tertiary/aromatic N) is 3. The number of hydrogen-bond donors (Lipinski definition) is 1. The zero-order valence-electron chi connectivity index (χ0n) is 20.1. The molecule has 0 unspecified atom stereocenters. The maximum atomic E-state index is 13.4. The Balaban J connectivity index is 0.00000324. The summed E-state index contributed by atoms with van der Waals surface area (Å²) in [6.07, 6.45) is 2.73. The number of benzene rings is 1. The van der Waals surface area contributed by atoms with Crippen molar-refractivity contribution < 1.29 is 14.3 Å². The van der Waals surface area contributed by atoms with Crippen molar-refractivity contribution >= 4 is 53.2 Å². The number of aryl methyl sites for hydroxylation is 1. The van der Waals surface area contributed by atoms with Crippen LogP contribution in [0.1, 0.15) is 39.3 Å². The molecule has 9 heteroatoms. The molecule has 2 aromatic rings. The van der Waals surface area contributed by atoms with E-state index >= 15 is 0 Å². The lowest BCUT2D eigenvalue weighted by molar-refractivity contribution is -0.113. The molecule has 184 valence electrons. The third-order valence-corrected chi connectivity index (χ3v) is 6.51. The van der Waals surface area contributed by atoms with Gasteiger partial charge in [0.25, 0.3) is 11.8 Å². The molecule has 4 rings (SSSR count). The molecule has 1 N–H and O–H groups in total. The fourth-order valence-corrected chi connectivity index (χ4v) is 4.72. The monoisotopic (exact) mass is 506 g/mol. The van der Waals surface area contributed by atoms with Gasteiger partial charge in [-0.2, -0.15) is 0 Å². The number of carbonyl (C=O) groups is 2. The van der Waals surface area contributed by atoms with E-state index in [2.05, 4.69) is 9.88 Å². The second-order valence-electron chi connectivity index (χ2n) is 8.90. The van der Waals surface area contributed by atoms with Crippen LogP contribution in [-0.4, -0.2) is 80.1 Å². The first-order valence-corrected chi connectivity index (χ1v) is 11.7. The lowest BCUT2D eigenvalue weighted by atomic mass is 10.0. The van der Waals surface area contributed by atoms with Crippen LogP contribution in [0.15, 0.2) is 18.2 Å². The molecule has 1 aromatic heterocycles. The molecule has 3 heterocycles. The summed E-state index contributed by atoms with van der Waals surface area (Å²) in [5.74, 6) is -0.0422. The van der Waals surface area contributed by atoms with Crippen molar-refractivity contribution in [1.82, 2.24) is 14.8 Å². The first kappa shape index (κ1) is 26.3. The number of ether oxygens (including phenoxy) is 1. The SMILES string of the molecule is Cc1[nH]c(/C=C2\C(=O)N(CCCN(C)C)c3ccc(Cl)cc32)c(C)c1C(=O)N1CCOCC1.Cl. The van der Waals surface area contributed by atoms with Crippen molar-refractivity contribution in [3.8, 4) is 0 Å². The average Bonchev–Trinajstić information content (AvgIpc) is 3.21. The number of H-pyrrole nitrogens is 1. The van der Waals surface area contributed by atoms with Gasteiger partial charge < -0.3 is 24.4 Å². The number of amides is 2. The lowest BCUT2D eigenvalue weighted by Crippen LogP contribution is -2.41. The molecule has 7 nitrogen and oxygen atoms in total. The smallest absolute Gasteiger partial charge is 0.259 e. The van der Waals surface area contributed by atoms with Gasteiger partial charge in [-0.3, -0.25) is 9.59 Å². The molecule has 2 amide bonds. The Labute approximate surface area is 212 Å². The largest absolute Gasteiger partial charge is 0.378 e. The Morgan fingerprint density at radius 2 is 1.94 bits per heavy atom. The summed E-state index contributed by atoms with van der Waals surface area (Å²) in [5.41, 5.74) is 5.38. The third-order valence-electron chi connectivity index (χ3n) is 6.28. The van der Waals surface area contributed by atoms with E-state index in [9.17, 15) is 9.59 Å². The fourth-order valence-electron chi connectivity index (χ4n) is 4.54. The molecule has 0 radical (unpaired) electrons. The second kappa shape index (κ2) is 11.0. The zero-order chi connectivity index (χ0) is 23.7. The molecule has 0 spiro atoms. The summed E-state index contributed by atoms with van der Waals surface area (Å²) >= 11 is 6.29. The lowest BCUT2D eigenvalue weighted by Gasteiger charge is -2.27. The number of morpholine rings is 1. The number of fused-ring (bicyclic) bond motifs is 1. The Morgan fingerprint density at radius 3 is 2.62 bits per heavy atom. The highest BCUT2D eigenvalue weighted by Crippen LogP contribution is 2.40. The van der Waals surface area contributed by atoms with Crippen molar-refractivity contribution in [2.75, 3.05) is 58.4 Å². The van der Waals surface area contributed by atoms with Crippen molar-refractivity contribution in [3.05, 3.63) is 51.3 Å². The molecule has 1 saturated heterocycles. The van der Waals surface area contributed by atoms with Crippen LogP contribution in [-0.2, 0) is 9.53 Å². The van der Waals surface area contributed by atoms with Gasteiger partial charge >= 0.3 is 0 Å². The highest BCUT2D eigenvalue weighted by Gasteiger charge is 2.33. The highest BCUT2D eigenvalue weighted by atomic mass is 35.5. The number of carbonyl (C=O) groups excluding carboxylic acids is 2. The first-order chi connectivity index (χ1) is 15.8. The molecule has 0 bridgehead atoms. The molecule has 0 aliphatic carbocycles. The van der Waals surface area contributed by atoms with Crippen LogP contribution in [0.2, 0.25) is 5.02 Å². The van der Waals surface area contributed by atoms with E-state index < -0.39 is 0 Å². The van der Waals surface area contributed by atoms with E-state index in [1.54, 1.807) is 0 Å². The van der Waals surface area contributed by atoms with Crippen LogP contribution in [0.4, 0.5) is 5.69 Å². The van der Waals surface area contributed by atoms with Crippen molar-refractivity contribution in [2.45, 2.75) is 20.3 Å². The summed E-state index contributed by atoms with van der Waals surface area (Å²) in [5, 5.41) is 0.588. The summed E-state index contributed by atoms with van der Waals surface area (Å²) in [7, 11) is 4.05. The summed E-state index contributed by atoms with van der Waals surface area (Å²) in [6, 6.07) is 5.57. The number of aromatic nitrogens is 1. The average molecular weight is 507 g/mol. The minimum Gasteiger partial charge on any atom is -0.378 e.